The van der Waals surface area contributed by atoms with Crippen molar-refractivity contribution in [3.05, 3.63) is 12.2 Å². The number of ether oxygens (including phenoxy) is 4. The summed E-state index contributed by atoms with van der Waals surface area (Å²) in [5.41, 5.74) is -1.10. The first-order valence-electron chi connectivity index (χ1n) is 14.1. The van der Waals surface area contributed by atoms with Crippen LogP contribution in [-0.2, 0) is 23.7 Å². The molecule has 35 heavy (non-hydrogen) atoms. The van der Waals surface area contributed by atoms with Gasteiger partial charge in [-0.2, -0.15) is 0 Å². The van der Waals surface area contributed by atoms with Gasteiger partial charge < -0.3 is 29.2 Å². The van der Waals surface area contributed by atoms with Crippen LogP contribution < -0.4 is 0 Å². The van der Waals surface area contributed by atoms with Crippen molar-refractivity contribution < 1.29 is 34.0 Å². The van der Waals surface area contributed by atoms with Crippen LogP contribution in [0.1, 0.15) is 104 Å². The van der Waals surface area contributed by atoms with Crippen molar-refractivity contribution in [2.75, 3.05) is 26.4 Å². The minimum atomic E-state index is -1.10. The van der Waals surface area contributed by atoms with Gasteiger partial charge in [0.2, 0.25) is 0 Å². The number of rotatable bonds is 20. The van der Waals surface area contributed by atoms with Crippen molar-refractivity contribution in [3.8, 4) is 0 Å². The number of allylic oxidation sites excluding steroid dienone is 2. The molecule has 0 aromatic heterocycles. The molecule has 2 heterocycles. The zero-order chi connectivity index (χ0) is 25.4. The summed E-state index contributed by atoms with van der Waals surface area (Å²) < 4.78 is 22.6. The van der Waals surface area contributed by atoms with E-state index < -0.39 is 23.9 Å². The zero-order valence-corrected chi connectivity index (χ0v) is 22.1. The number of unbranched alkanes of at least 4 members (excludes halogenated alkanes) is 11. The second-order valence-corrected chi connectivity index (χ2v) is 9.98. The lowest BCUT2D eigenvalue weighted by atomic mass is 9.83. The van der Waals surface area contributed by atoms with Gasteiger partial charge >= 0.3 is 5.97 Å². The Morgan fingerprint density at radius 1 is 0.943 bits per heavy atom. The highest BCUT2D eigenvalue weighted by Crippen LogP contribution is 2.40. The summed E-state index contributed by atoms with van der Waals surface area (Å²) in [6.07, 6.45) is 17.7. The van der Waals surface area contributed by atoms with E-state index in [0.717, 1.165) is 25.7 Å². The lowest BCUT2D eigenvalue weighted by Crippen LogP contribution is -2.70. The number of hydrogen-bond acceptors (Lipinski definition) is 7. The monoisotopic (exact) mass is 498 g/mol. The number of hydrogen-bond donors (Lipinski definition) is 2. The molecule has 2 saturated heterocycles. The quantitative estimate of drug-likeness (QED) is 0.141. The van der Waals surface area contributed by atoms with Gasteiger partial charge in [-0.15, -0.1) is 0 Å². The van der Waals surface area contributed by atoms with E-state index in [1.165, 1.54) is 57.8 Å². The van der Waals surface area contributed by atoms with Gasteiger partial charge in [0.25, 0.3) is 0 Å². The largest absolute Gasteiger partial charge is 0.457 e. The molecule has 1 unspecified atom stereocenters. The van der Waals surface area contributed by atoms with Gasteiger partial charge in [-0.25, -0.2) is 0 Å². The van der Waals surface area contributed by atoms with Gasteiger partial charge in [-0.1, -0.05) is 70.4 Å². The van der Waals surface area contributed by atoms with Gasteiger partial charge in [0.1, 0.15) is 23.9 Å². The van der Waals surface area contributed by atoms with E-state index in [1.54, 1.807) is 0 Å². The molecule has 5 atom stereocenters. The van der Waals surface area contributed by atoms with Crippen molar-refractivity contribution in [3.63, 3.8) is 0 Å². The summed E-state index contributed by atoms with van der Waals surface area (Å²) in [7, 11) is 0. The van der Waals surface area contributed by atoms with Crippen molar-refractivity contribution in [1.82, 2.24) is 0 Å². The molecular weight excluding hydrogens is 448 g/mol. The molecule has 2 aliphatic rings. The van der Waals surface area contributed by atoms with E-state index in [9.17, 15) is 15.0 Å². The Hall–Kier alpha value is -0.990. The summed E-state index contributed by atoms with van der Waals surface area (Å²) in [6, 6.07) is 0. The fourth-order valence-electron chi connectivity index (χ4n) is 4.96. The summed E-state index contributed by atoms with van der Waals surface area (Å²) >= 11 is 0. The molecule has 0 spiro atoms. The van der Waals surface area contributed by atoms with Gasteiger partial charge in [0.15, 0.2) is 6.10 Å². The average Bonchev–Trinajstić information content (AvgIpc) is 3.20. The van der Waals surface area contributed by atoms with Crippen molar-refractivity contribution in [2.45, 2.75) is 134 Å². The lowest BCUT2D eigenvalue weighted by Gasteiger charge is -2.51. The third-order valence-corrected chi connectivity index (χ3v) is 7.18. The van der Waals surface area contributed by atoms with Crippen molar-refractivity contribution >= 4 is 5.97 Å². The minimum Gasteiger partial charge on any atom is -0.457 e. The Labute approximate surface area is 212 Å². The maximum absolute atomic E-state index is 12.4. The molecule has 0 radical (unpaired) electrons. The Morgan fingerprint density at radius 3 is 2.14 bits per heavy atom. The van der Waals surface area contributed by atoms with E-state index in [0.29, 0.717) is 19.6 Å². The highest BCUT2D eigenvalue weighted by Gasteiger charge is 2.61. The molecule has 2 aliphatic heterocycles. The van der Waals surface area contributed by atoms with Gasteiger partial charge in [0, 0.05) is 13.0 Å². The molecule has 0 aromatic rings. The van der Waals surface area contributed by atoms with Crippen LogP contribution in [0.3, 0.4) is 0 Å². The van der Waals surface area contributed by atoms with Crippen LogP contribution in [-0.4, -0.2) is 72.6 Å². The first kappa shape index (κ1) is 30.2. The summed E-state index contributed by atoms with van der Waals surface area (Å²) in [5.74, 6) is -0.345. The SMILES string of the molecule is CCCCCCCC/C=C\CCCCCCCC(=O)O[C@@H]1[C@@H](O)CO[C@@H]1[C@@]1(CO)OCC1OCC. The predicted octanol–water partition coefficient (Wildman–Crippen LogP) is 4.86. The average molecular weight is 499 g/mol. The van der Waals surface area contributed by atoms with Crippen LogP contribution in [0, 0.1) is 0 Å². The molecule has 0 saturated carbocycles. The minimum absolute atomic E-state index is 0.0416. The highest BCUT2D eigenvalue weighted by molar-refractivity contribution is 5.69. The second-order valence-electron chi connectivity index (χ2n) is 9.98. The van der Waals surface area contributed by atoms with Gasteiger partial charge in [-0.05, 0) is 39.0 Å². The van der Waals surface area contributed by atoms with Crippen LogP contribution in [0.2, 0.25) is 0 Å². The standard InChI is InChI=1S/C28H50O7/c1-3-5-6-7-8-9-10-11-12-13-14-15-16-17-18-19-25(31)35-26-23(30)20-33-27(26)28(22-29)24(21-34-28)32-4-2/h11-12,23-24,26-27,29-30H,3-10,13-22H2,1-2H3/b12-11-/t23-,24?,26+,27-,28-/m0/s1. The van der Waals surface area contributed by atoms with E-state index in [1.807, 2.05) is 6.92 Å². The Bertz CT molecular complexity index is 592. The number of esters is 1. The fraction of sp³-hybridized carbons (Fsp3) is 0.893. The van der Waals surface area contributed by atoms with Gasteiger partial charge in [-0.3, -0.25) is 4.79 Å². The molecule has 2 N–H and O–H groups in total. The normalized spacial score (nSPS) is 28.5. The number of carbonyl (C=O) groups excluding carboxylic acids is 1. The van der Waals surface area contributed by atoms with E-state index in [4.69, 9.17) is 18.9 Å². The van der Waals surface area contributed by atoms with Crippen molar-refractivity contribution in [1.29, 1.82) is 0 Å². The van der Waals surface area contributed by atoms with Crippen LogP contribution in [0.4, 0.5) is 0 Å². The topological polar surface area (TPSA) is 94.5 Å². The third-order valence-electron chi connectivity index (χ3n) is 7.18. The third kappa shape index (κ3) is 9.77. The molecule has 0 aromatic carbocycles. The van der Waals surface area contributed by atoms with Crippen LogP contribution in [0.25, 0.3) is 0 Å². The Morgan fingerprint density at radius 2 is 1.57 bits per heavy atom. The highest BCUT2D eigenvalue weighted by atomic mass is 16.7. The molecule has 0 bridgehead atoms. The predicted molar refractivity (Wildman–Crippen MR) is 136 cm³/mol. The van der Waals surface area contributed by atoms with E-state index in [2.05, 4.69) is 19.1 Å². The molecule has 2 fully saturated rings. The van der Waals surface area contributed by atoms with E-state index >= 15 is 0 Å². The van der Waals surface area contributed by atoms with Crippen molar-refractivity contribution in [2.24, 2.45) is 0 Å². The van der Waals surface area contributed by atoms with E-state index in [-0.39, 0.29) is 25.3 Å². The summed E-state index contributed by atoms with van der Waals surface area (Å²) in [6.45, 7) is 4.67. The van der Waals surface area contributed by atoms with Gasteiger partial charge in [0.05, 0.1) is 19.8 Å². The zero-order valence-electron chi connectivity index (χ0n) is 22.1. The summed E-state index contributed by atoms with van der Waals surface area (Å²) in [4.78, 5) is 12.4. The van der Waals surface area contributed by atoms with Crippen LogP contribution >= 0.6 is 0 Å². The second kappa shape index (κ2) is 17.5. The number of aliphatic hydroxyl groups excluding tert-OH is 2. The number of carbonyl (C=O) groups is 1. The maximum atomic E-state index is 12.4. The molecule has 2 rings (SSSR count). The number of aliphatic hydroxyl groups is 2. The summed E-state index contributed by atoms with van der Waals surface area (Å²) in [5, 5.41) is 20.3. The van der Waals surface area contributed by atoms with Crippen LogP contribution in [0.5, 0.6) is 0 Å². The molecule has 0 amide bonds. The van der Waals surface area contributed by atoms with Crippen LogP contribution in [0.15, 0.2) is 12.2 Å². The smallest absolute Gasteiger partial charge is 0.306 e. The Balaban J connectivity index is 1.54. The Kier molecular flexibility index (Phi) is 15.1. The molecule has 204 valence electrons. The fourth-order valence-corrected chi connectivity index (χ4v) is 4.96. The lowest BCUT2D eigenvalue weighted by molar-refractivity contribution is -0.311. The maximum Gasteiger partial charge on any atom is 0.306 e. The molecule has 0 aliphatic carbocycles. The molecule has 7 nitrogen and oxygen atoms in total. The molecular formula is C28H50O7. The first-order valence-corrected chi connectivity index (χ1v) is 14.1. The first-order chi connectivity index (χ1) is 17.1. The molecule has 7 heteroatoms.